The molecule has 0 spiro atoms. The molecular weight excluding hydrogens is 493 g/mol. The lowest BCUT2D eigenvalue weighted by Crippen LogP contribution is -2.37. The molecule has 0 aromatic heterocycles. The molecule has 0 bridgehead atoms. The fraction of sp³-hybridized carbons (Fsp3) is 0.346. The Morgan fingerprint density at radius 2 is 1.84 bits per heavy atom. The zero-order chi connectivity index (χ0) is 27.2. The van der Waals surface area contributed by atoms with E-state index in [4.69, 9.17) is 14.6 Å². The van der Waals surface area contributed by atoms with E-state index < -0.39 is 63.6 Å². The molecule has 3 rings (SSSR count). The average Bonchev–Trinajstić information content (AvgIpc) is 3.65. The van der Waals surface area contributed by atoms with Gasteiger partial charge in [-0.15, -0.1) is 0 Å². The Hall–Kier alpha value is -3.86. The summed E-state index contributed by atoms with van der Waals surface area (Å²) in [6, 6.07) is 8.61. The highest BCUT2D eigenvalue weighted by Gasteiger charge is 2.51. The van der Waals surface area contributed by atoms with E-state index in [9.17, 15) is 14.7 Å². The standard InChI is InChI=1S/C26H27F3N2O6/c1-3-36-24(34)18(12-30-15(2)13-32)23(33)17-11-19(27)20(22(29)21(17)28)26(9-10-26)31-25(35)37-14-16-7-5-4-6-8-16/h4-8,11-12,15,32-33H,3,9-10,13-14H2,1-2H3,(H,31,35)/b23-18-,30-12?. The lowest BCUT2D eigenvalue weighted by atomic mass is 9.98. The van der Waals surface area contributed by atoms with Crippen molar-refractivity contribution < 1.29 is 42.4 Å². The van der Waals surface area contributed by atoms with Crippen molar-refractivity contribution in [2.24, 2.45) is 4.99 Å². The lowest BCUT2D eigenvalue weighted by Gasteiger charge is -2.20. The Bertz CT molecular complexity index is 1210. The second-order valence-electron chi connectivity index (χ2n) is 8.47. The third-order valence-corrected chi connectivity index (χ3v) is 5.67. The first-order chi connectivity index (χ1) is 17.6. The molecule has 2 aromatic carbocycles. The molecule has 0 saturated heterocycles. The number of hydrogen-bond acceptors (Lipinski definition) is 7. The van der Waals surface area contributed by atoms with Crippen LogP contribution in [0.15, 0.2) is 47.0 Å². The second kappa shape index (κ2) is 11.9. The SMILES string of the molecule is CCOC(=O)/C(C=NC(C)CO)=C(\O)c1cc(F)c(C2(NC(=O)OCc3ccccc3)CC2)c(F)c1F. The van der Waals surface area contributed by atoms with Crippen molar-refractivity contribution in [2.45, 2.75) is 44.9 Å². The van der Waals surface area contributed by atoms with Gasteiger partial charge in [0.25, 0.3) is 0 Å². The third-order valence-electron chi connectivity index (χ3n) is 5.67. The molecule has 3 N–H and O–H groups in total. The van der Waals surface area contributed by atoms with Crippen molar-refractivity contribution in [3.05, 3.63) is 76.1 Å². The van der Waals surface area contributed by atoms with Crippen LogP contribution in [-0.4, -0.2) is 47.7 Å². The predicted octanol–water partition coefficient (Wildman–Crippen LogP) is 4.30. The van der Waals surface area contributed by atoms with Gasteiger partial charge in [0.1, 0.15) is 23.8 Å². The van der Waals surface area contributed by atoms with Gasteiger partial charge in [0.2, 0.25) is 0 Å². The van der Waals surface area contributed by atoms with Crippen LogP contribution in [0.1, 0.15) is 43.4 Å². The number of alkyl carbamates (subject to hydrolysis) is 1. The van der Waals surface area contributed by atoms with Crippen molar-refractivity contribution in [3.8, 4) is 0 Å². The maximum absolute atomic E-state index is 15.2. The number of nitrogens with one attached hydrogen (secondary N) is 1. The van der Waals surface area contributed by atoms with Crippen LogP contribution in [0.2, 0.25) is 0 Å². The molecule has 8 nitrogen and oxygen atoms in total. The van der Waals surface area contributed by atoms with Crippen LogP contribution in [0.5, 0.6) is 0 Å². The molecule has 198 valence electrons. The Morgan fingerprint density at radius 1 is 1.16 bits per heavy atom. The summed E-state index contributed by atoms with van der Waals surface area (Å²) in [5, 5.41) is 22.1. The normalized spacial score (nSPS) is 15.6. The Balaban J connectivity index is 1.92. The first-order valence-electron chi connectivity index (χ1n) is 11.5. The zero-order valence-electron chi connectivity index (χ0n) is 20.3. The molecule has 1 unspecified atom stereocenters. The Labute approximate surface area is 211 Å². The largest absolute Gasteiger partial charge is 0.506 e. The number of aliphatic hydroxyl groups is 2. The quantitative estimate of drug-likeness (QED) is 0.141. The number of amides is 1. The topological polar surface area (TPSA) is 117 Å². The van der Waals surface area contributed by atoms with Gasteiger partial charge in [-0.1, -0.05) is 30.3 Å². The second-order valence-corrected chi connectivity index (χ2v) is 8.47. The molecule has 11 heteroatoms. The number of halogens is 3. The molecule has 1 aliphatic rings. The van der Waals surface area contributed by atoms with Crippen LogP contribution in [0.25, 0.3) is 5.76 Å². The number of ether oxygens (including phenoxy) is 2. The maximum Gasteiger partial charge on any atom is 0.408 e. The van der Waals surface area contributed by atoms with Crippen LogP contribution in [0, 0.1) is 17.5 Å². The first kappa shape index (κ1) is 27.7. The summed E-state index contributed by atoms with van der Waals surface area (Å²) >= 11 is 0. The molecule has 2 aromatic rings. The summed E-state index contributed by atoms with van der Waals surface area (Å²) in [5.41, 5.74) is -3.14. The predicted molar refractivity (Wildman–Crippen MR) is 128 cm³/mol. The van der Waals surface area contributed by atoms with Gasteiger partial charge in [-0.25, -0.2) is 22.8 Å². The van der Waals surface area contributed by atoms with Crippen molar-refractivity contribution in [2.75, 3.05) is 13.2 Å². The minimum atomic E-state index is -1.63. The smallest absolute Gasteiger partial charge is 0.408 e. The average molecular weight is 521 g/mol. The highest BCUT2D eigenvalue weighted by atomic mass is 19.2. The minimum Gasteiger partial charge on any atom is -0.506 e. The molecule has 1 aliphatic carbocycles. The molecule has 0 radical (unpaired) electrons. The maximum atomic E-state index is 15.2. The van der Waals surface area contributed by atoms with Gasteiger partial charge in [0.15, 0.2) is 11.6 Å². The number of carbonyl (C=O) groups excluding carboxylic acids is 2. The van der Waals surface area contributed by atoms with Gasteiger partial charge in [-0.3, -0.25) is 4.99 Å². The molecule has 0 heterocycles. The number of nitrogens with zero attached hydrogens (tertiary/aromatic N) is 1. The zero-order valence-corrected chi connectivity index (χ0v) is 20.3. The highest BCUT2D eigenvalue weighted by Crippen LogP contribution is 2.48. The molecule has 37 heavy (non-hydrogen) atoms. The minimum absolute atomic E-state index is 0.0766. The summed E-state index contributed by atoms with van der Waals surface area (Å²) in [4.78, 5) is 28.4. The number of hydrogen-bond donors (Lipinski definition) is 3. The van der Waals surface area contributed by atoms with Crippen molar-refractivity contribution >= 4 is 24.0 Å². The van der Waals surface area contributed by atoms with Gasteiger partial charge in [-0.05, 0) is 38.3 Å². The lowest BCUT2D eigenvalue weighted by molar-refractivity contribution is -0.137. The summed E-state index contributed by atoms with van der Waals surface area (Å²) in [7, 11) is 0. The van der Waals surface area contributed by atoms with Crippen LogP contribution >= 0.6 is 0 Å². The molecule has 0 aliphatic heterocycles. The molecule has 1 amide bonds. The van der Waals surface area contributed by atoms with Gasteiger partial charge in [0.05, 0.1) is 35.9 Å². The van der Waals surface area contributed by atoms with Crippen LogP contribution in [0.4, 0.5) is 18.0 Å². The van der Waals surface area contributed by atoms with Crippen LogP contribution < -0.4 is 5.32 Å². The van der Waals surface area contributed by atoms with Gasteiger partial charge >= 0.3 is 12.1 Å². The van der Waals surface area contributed by atoms with Crippen molar-refractivity contribution in [1.82, 2.24) is 5.32 Å². The van der Waals surface area contributed by atoms with E-state index >= 15 is 13.2 Å². The van der Waals surface area contributed by atoms with Gasteiger partial charge < -0.3 is 25.0 Å². The Kier molecular flexibility index (Phi) is 8.93. The number of carbonyl (C=O) groups is 2. The van der Waals surface area contributed by atoms with Gasteiger partial charge in [-0.2, -0.15) is 0 Å². The Morgan fingerprint density at radius 3 is 2.43 bits per heavy atom. The highest BCUT2D eigenvalue weighted by molar-refractivity contribution is 6.15. The summed E-state index contributed by atoms with van der Waals surface area (Å²) in [6.07, 6.45) is 0.152. The van der Waals surface area contributed by atoms with E-state index in [-0.39, 0.29) is 32.7 Å². The monoisotopic (exact) mass is 520 g/mol. The molecule has 1 atom stereocenters. The van der Waals surface area contributed by atoms with E-state index in [1.54, 1.807) is 30.3 Å². The van der Waals surface area contributed by atoms with E-state index in [2.05, 4.69) is 10.3 Å². The molecule has 1 fully saturated rings. The summed E-state index contributed by atoms with van der Waals surface area (Å²) in [6.45, 7) is 2.42. The fourth-order valence-corrected chi connectivity index (χ4v) is 3.54. The van der Waals surface area contributed by atoms with Crippen molar-refractivity contribution in [3.63, 3.8) is 0 Å². The van der Waals surface area contributed by atoms with Gasteiger partial charge in [0, 0.05) is 6.21 Å². The number of rotatable bonds is 10. The number of benzene rings is 2. The van der Waals surface area contributed by atoms with E-state index in [0.29, 0.717) is 11.6 Å². The number of aliphatic hydroxyl groups excluding tert-OH is 2. The van der Waals surface area contributed by atoms with Crippen LogP contribution in [-0.2, 0) is 26.4 Å². The molecular formula is C26H27F3N2O6. The van der Waals surface area contributed by atoms with E-state index in [1.165, 1.54) is 13.8 Å². The number of esters is 1. The summed E-state index contributed by atoms with van der Waals surface area (Å²) < 4.78 is 55.4. The van der Waals surface area contributed by atoms with E-state index in [1.807, 2.05) is 0 Å². The van der Waals surface area contributed by atoms with E-state index in [0.717, 1.165) is 6.21 Å². The number of aliphatic imine (C=N–C) groups is 1. The van der Waals surface area contributed by atoms with Crippen LogP contribution in [0.3, 0.4) is 0 Å². The summed E-state index contributed by atoms with van der Waals surface area (Å²) in [5.74, 6) is -6.73. The fourth-order valence-electron chi connectivity index (χ4n) is 3.54. The third kappa shape index (κ3) is 6.48. The first-order valence-corrected chi connectivity index (χ1v) is 11.5. The molecule has 1 saturated carbocycles. The van der Waals surface area contributed by atoms with Crippen molar-refractivity contribution in [1.29, 1.82) is 0 Å².